The number of ether oxygens (including phenoxy) is 2. The van der Waals surface area contributed by atoms with Gasteiger partial charge in [0, 0.05) is 6.42 Å². The molecule has 0 aliphatic rings. The summed E-state index contributed by atoms with van der Waals surface area (Å²) in [5.74, 6) is -12.8. The Kier molecular flexibility index (Phi) is 6.45. The van der Waals surface area contributed by atoms with Crippen LogP contribution >= 0.6 is 0 Å². The van der Waals surface area contributed by atoms with Gasteiger partial charge >= 0.3 is 42.3 Å². The van der Waals surface area contributed by atoms with E-state index < -0.39 is 48.7 Å². The average molecular weight is 404 g/mol. The van der Waals surface area contributed by atoms with Gasteiger partial charge in [-0.2, -0.15) is 57.1 Å². The summed E-state index contributed by atoms with van der Waals surface area (Å²) >= 11 is 0. The van der Waals surface area contributed by atoms with Gasteiger partial charge in [0.25, 0.3) is 0 Å². The van der Waals surface area contributed by atoms with Crippen LogP contribution in [0, 0.1) is 0 Å². The van der Waals surface area contributed by atoms with Crippen LogP contribution in [0.5, 0.6) is 0 Å². The smallest absolute Gasteiger partial charge is 0.398 e. The predicted molar refractivity (Wildman–Crippen MR) is 52.1 cm³/mol. The number of rotatable bonds is 8. The van der Waals surface area contributed by atoms with Crippen molar-refractivity contribution in [3.8, 4) is 0 Å². The lowest BCUT2D eigenvalue weighted by Crippen LogP contribution is -2.63. The largest absolute Gasteiger partial charge is 0.471 e. The third-order valence-electron chi connectivity index (χ3n) is 2.20. The van der Waals surface area contributed by atoms with Crippen LogP contribution in [0.1, 0.15) is 6.42 Å². The molecule has 0 heterocycles. The Morgan fingerprint density at radius 2 is 1.24 bits per heavy atom. The van der Waals surface area contributed by atoms with Crippen LogP contribution in [0.4, 0.5) is 57.1 Å². The fourth-order valence-electron chi connectivity index (χ4n) is 1.05. The van der Waals surface area contributed by atoms with Gasteiger partial charge in [0.05, 0.1) is 0 Å². The summed E-state index contributed by atoms with van der Waals surface area (Å²) in [7, 11) is 0. The van der Waals surface area contributed by atoms with E-state index in [1.807, 2.05) is 9.47 Å². The fraction of sp³-hybridized carbons (Fsp3) is 0.600. The van der Waals surface area contributed by atoms with E-state index in [0.717, 1.165) is 0 Å². The van der Waals surface area contributed by atoms with Crippen molar-refractivity contribution in [3.05, 3.63) is 24.7 Å². The molecule has 1 atom stereocenters. The van der Waals surface area contributed by atoms with E-state index in [0.29, 0.717) is 0 Å². The van der Waals surface area contributed by atoms with Gasteiger partial charge in [-0.3, -0.25) is 4.74 Å². The molecule has 0 aliphatic heterocycles. The summed E-state index contributed by atoms with van der Waals surface area (Å²) in [6.45, 7) is 2.52. The van der Waals surface area contributed by atoms with E-state index in [1.165, 1.54) is 0 Å². The van der Waals surface area contributed by atoms with Gasteiger partial charge in [0.15, 0.2) is 0 Å². The summed E-state index contributed by atoms with van der Waals surface area (Å²) in [4.78, 5) is 0. The highest BCUT2D eigenvalue weighted by molar-refractivity contribution is 4.95. The number of hydrogen-bond acceptors (Lipinski definition) is 2. The molecule has 25 heavy (non-hydrogen) atoms. The maximum Gasteiger partial charge on any atom is 0.471 e. The molecule has 0 aromatic heterocycles. The molecule has 0 aliphatic carbocycles. The Morgan fingerprint density at radius 3 is 1.56 bits per heavy atom. The Hall–Kier alpha value is -1.67. The highest BCUT2D eigenvalue weighted by Gasteiger charge is 2.80. The van der Waals surface area contributed by atoms with Crippen molar-refractivity contribution in [2.75, 3.05) is 0 Å². The number of allylic oxidation sites excluding steroid dienone is 1. The summed E-state index contributed by atoms with van der Waals surface area (Å²) in [5, 5.41) is 0. The minimum absolute atomic E-state index is 0.000292. The highest BCUT2D eigenvalue weighted by atomic mass is 19.4. The topological polar surface area (TPSA) is 18.5 Å². The van der Waals surface area contributed by atoms with Crippen LogP contribution in [0.15, 0.2) is 24.7 Å². The predicted octanol–water partition coefficient (Wildman–Crippen LogP) is 5.68. The van der Waals surface area contributed by atoms with Gasteiger partial charge in [0.1, 0.15) is 0 Å². The Morgan fingerprint density at radius 1 is 0.800 bits per heavy atom. The van der Waals surface area contributed by atoms with E-state index in [9.17, 15) is 57.1 Å². The van der Waals surface area contributed by atoms with Gasteiger partial charge in [-0.1, -0.05) is 6.08 Å². The zero-order valence-corrected chi connectivity index (χ0v) is 11.2. The Bertz CT molecular complexity index is 519. The zero-order valence-electron chi connectivity index (χ0n) is 11.2. The van der Waals surface area contributed by atoms with Crippen LogP contribution in [0.2, 0.25) is 0 Å². The van der Waals surface area contributed by atoms with Crippen LogP contribution < -0.4 is 0 Å². The third kappa shape index (κ3) is 4.70. The summed E-state index contributed by atoms with van der Waals surface area (Å²) in [6.07, 6.45) is -26.8. The van der Waals surface area contributed by atoms with Crippen LogP contribution in [-0.4, -0.2) is 30.2 Å². The highest BCUT2D eigenvalue weighted by Crippen LogP contribution is 2.53. The second kappa shape index (κ2) is 6.92. The van der Waals surface area contributed by atoms with E-state index in [1.54, 1.807) is 0 Å². The quantitative estimate of drug-likeness (QED) is 0.295. The minimum atomic E-state index is -7.25. The molecule has 0 saturated heterocycles. The first-order chi connectivity index (χ1) is 10.8. The minimum Gasteiger partial charge on any atom is -0.398 e. The molecule has 148 valence electrons. The lowest BCUT2D eigenvalue weighted by atomic mass is 10.2. The van der Waals surface area contributed by atoms with E-state index in [4.69, 9.17) is 0 Å². The first kappa shape index (κ1) is 23.3. The molecule has 0 fully saturated rings. The summed E-state index contributed by atoms with van der Waals surface area (Å²) < 4.78 is 168. The summed E-state index contributed by atoms with van der Waals surface area (Å²) in [6, 6.07) is -3.79. The molecule has 0 saturated carbocycles. The van der Waals surface area contributed by atoms with Gasteiger partial charge in [0.2, 0.25) is 0 Å². The van der Waals surface area contributed by atoms with Crippen molar-refractivity contribution >= 4 is 0 Å². The molecule has 0 amide bonds. The Labute approximate surface area is 129 Å². The van der Waals surface area contributed by atoms with Gasteiger partial charge in [-0.25, -0.2) is 0 Å². The van der Waals surface area contributed by atoms with Crippen molar-refractivity contribution in [1.82, 2.24) is 0 Å². The van der Waals surface area contributed by atoms with Crippen molar-refractivity contribution in [2.45, 2.75) is 36.6 Å². The standard InChI is InChI=1S/C10H5F13O2/c1-2-3-6(14,15)9(20,21)25-7(16,8(17,18)19)10(22,23)24-5(13)4(11)12/h2H,1,3H2. The van der Waals surface area contributed by atoms with Crippen molar-refractivity contribution in [3.63, 3.8) is 0 Å². The zero-order chi connectivity index (χ0) is 20.5. The van der Waals surface area contributed by atoms with Crippen molar-refractivity contribution in [2.24, 2.45) is 0 Å². The lowest BCUT2D eigenvalue weighted by molar-refractivity contribution is -0.516. The number of halogens is 13. The molecule has 0 aromatic carbocycles. The monoisotopic (exact) mass is 404 g/mol. The first-order valence-electron chi connectivity index (χ1n) is 5.44. The molecule has 0 bridgehead atoms. The van der Waals surface area contributed by atoms with Crippen molar-refractivity contribution in [1.29, 1.82) is 0 Å². The van der Waals surface area contributed by atoms with E-state index in [2.05, 4.69) is 6.58 Å². The molecule has 0 radical (unpaired) electrons. The van der Waals surface area contributed by atoms with Crippen LogP contribution in [-0.2, 0) is 9.47 Å². The molecule has 0 aromatic rings. The molecule has 0 rings (SSSR count). The normalized spacial score (nSPS) is 16.2. The van der Waals surface area contributed by atoms with Gasteiger partial charge in [-0.15, -0.1) is 6.58 Å². The molecule has 2 nitrogen and oxygen atoms in total. The maximum absolute atomic E-state index is 13.5. The number of alkyl halides is 10. The Balaban J connectivity index is 6.10. The van der Waals surface area contributed by atoms with Gasteiger partial charge < -0.3 is 4.74 Å². The molecule has 0 N–H and O–H groups in total. The molecular weight excluding hydrogens is 399 g/mol. The SMILES string of the molecule is C=CCC(F)(F)C(F)(F)OC(F)(C(F)(F)F)C(F)(F)OC(F)=C(F)F. The lowest BCUT2D eigenvalue weighted by Gasteiger charge is -2.37. The van der Waals surface area contributed by atoms with Crippen LogP contribution in [0.25, 0.3) is 0 Å². The van der Waals surface area contributed by atoms with E-state index in [-0.39, 0.29) is 6.08 Å². The molecule has 0 spiro atoms. The second-order valence-electron chi connectivity index (χ2n) is 4.06. The first-order valence-corrected chi connectivity index (χ1v) is 5.44. The second-order valence-corrected chi connectivity index (χ2v) is 4.06. The maximum atomic E-state index is 13.5. The van der Waals surface area contributed by atoms with Crippen LogP contribution in [0.3, 0.4) is 0 Å². The molecular formula is C10H5F13O2. The number of hydrogen-bond donors (Lipinski definition) is 0. The summed E-state index contributed by atoms with van der Waals surface area (Å²) in [5.41, 5.74) is 0. The van der Waals surface area contributed by atoms with E-state index >= 15 is 0 Å². The third-order valence-corrected chi connectivity index (χ3v) is 2.20. The average Bonchev–Trinajstić information content (AvgIpc) is 2.35. The fourth-order valence-corrected chi connectivity index (χ4v) is 1.05. The molecule has 1 unspecified atom stereocenters. The molecule has 15 heteroatoms. The van der Waals surface area contributed by atoms with Crippen molar-refractivity contribution < 1.29 is 66.5 Å². The van der Waals surface area contributed by atoms with Gasteiger partial charge in [-0.05, 0) is 0 Å².